The van der Waals surface area contributed by atoms with Crippen molar-refractivity contribution in [3.05, 3.63) is 26.7 Å². The third-order valence-electron chi connectivity index (χ3n) is 1.30. The van der Waals surface area contributed by atoms with Crippen molar-refractivity contribution in [2.45, 2.75) is 0 Å². The predicted molar refractivity (Wildman–Crippen MR) is 50.4 cm³/mol. The summed E-state index contributed by atoms with van der Waals surface area (Å²) in [5.41, 5.74) is 3.94. The highest BCUT2D eigenvalue weighted by Gasteiger charge is 2.01. The number of thiazole rings is 1. The zero-order valence-electron chi connectivity index (χ0n) is 5.45. The van der Waals surface area contributed by atoms with E-state index in [1.165, 1.54) is 11.3 Å². The molecule has 0 saturated carbocycles. The Labute approximate surface area is 77.3 Å². The van der Waals surface area contributed by atoms with Gasteiger partial charge in [0.05, 0.1) is 15.5 Å². The third kappa shape index (κ3) is 1.45. The van der Waals surface area contributed by atoms with Crippen LogP contribution in [-0.4, -0.2) is 4.98 Å². The Balaban J connectivity index is 2.45. The molecule has 4 heteroatoms. The minimum absolute atomic E-state index is 0.813. The molecule has 0 radical (unpaired) electrons. The average molecular weight is 202 g/mol. The van der Waals surface area contributed by atoms with Gasteiger partial charge in [-0.15, -0.1) is 22.7 Å². The maximum Gasteiger partial charge on any atom is 0.0935 e. The standard InChI is InChI=1S/C7H4ClNS2/c8-7-1-5(2-11-7)6-3-10-4-9-6/h1-4H. The molecule has 0 aliphatic heterocycles. The minimum Gasteiger partial charge on any atom is -0.245 e. The lowest BCUT2D eigenvalue weighted by Crippen LogP contribution is -1.68. The minimum atomic E-state index is 0.813. The number of aromatic nitrogens is 1. The lowest BCUT2D eigenvalue weighted by atomic mass is 10.3. The molecule has 2 aromatic rings. The first-order chi connectivity index (χ1) is 5.36. The van der Waals surface area contributed by atoms with Gasteiger partial charge < -0.3 is 0 Å². The SMILES string of the molecule is Clc1cc(-c2cscn2)cs1. The van der Waals surface area contributed by atoms with Crippen LogP contribution in [0.4, 0.5) is 0 Å². The van der Waals surface area contributed by atoms with Gasteiger partial charge in [-0.3, -0.25) is 0 Å². The fourth-order valence-corrected chi connectivity index (χ4v) is 2.24. The second-order valence-corrected chi connectivity index (χ2v) is 4.27. The number of rotatable bonds is 1. The Hall–Kier alpha value is -0.380. The summed E-state index contributed by atoms with van der Waals surface area (Å²) in [7, 11) is 0. The van der Waals surface area contributed by atoms with Crippen molar-refractivity contribution >= 4 is 34.3 Å². The van der Waals surface area contributed by atoms with Crippen molar-refractivity contribution in [1.29, 1.82) is 0 Å². The first-order valence-electron chi connectivity index (χ1n) is 2.99. The molecule has 0 bridgehead atoms. The molecule has 1 nitrogen and oxygen atoms in total. The van der Waals surface area contributed by atoms with Crippen molar-refractivity contribution in [3.8, 4) is 11.3 Å². The maximum atomic E-state index is 5.77. The predicted octanol–water partition coefficient (Wildman–Crippen LogP) is 3.53. The fraction of sp³-hybridized carbons (Fsp3) is 0. The lowest BCUT2D eigenvalue weighted by molar-refractivity contribution is 1.42. The average Bonchev–Trinajstić information content (AvgIpc) is 2.55. The van der Waals surface area contributed by atoms with E-state index in [1.54, 1.807) is 11.3 Å². The van der Waals surface area contributed by atoms with Crippen LogP contribution in [0.5, 0.6) is 0 Å². The quantitative estimate of drug-likeness (QED) is 0.688. The van der Waals surface area contributed by atoms with Gasteiger partial charge >= 0.3 is 0 Å². The molecule has 2 heterocycles. The second-order valence-electron chi connectivity index (χ2n) is 2.01. The molecule has 0 aromatic carbocycles. The Morgan fingerprint density at radius 1 is 1.36 bits per heavy atom. The van der Waals surface area contributed by atoms with Crippen LogP contribution in [0, 0.1) is 0 Å². The van der Waals surface area contributed by atoms with Gasteiger partial charge in [0.1, 0.15) is 0 Å². The van der Waals surface area contributed by atoms with Crippen LogP contribution >= 0.6 is 34.3 Å². The van der Waals surface area contributed by atoms with Gasteiger partial charge in [-0.05, 0) is 6.07 Å². The summed E-state index contributed by atoms with van der Waals surface area (Å²) in [6.45, 7) is 0. The molecule has 0 unspecified atom stereocenters. The third-order valence-corrected chi connectivity index (χ3v) is 2.97. The lowest BCUT2D eigenvalue weighted by Gasteiger charge is -1.84. The molecule has 0 aliphatic rings. The molecule has 11 heavy (non-hydrogen) atoms. The van der Waals surface area contributed by atoms with Crippen LogP contribution in [-0.2, 0) is 0 Å². The molecular formula is C7H4ClNS2. The Kier molecular flexibility index (Phi) is 1.94. The van der Waals surface area contributed by atoms with Crippen LogP contribution in [0.25, 0.3) is 11.3 Å². The van der Waals surface area contributed by atoms with E-state index < -0.39 is 0 Å². The summed E-state index contributed by atoms with van der Waals surface area (Å²) in [4.78, 5) is 4.17. The van der Waals surface area contributed by atoms with Crippen LogP contribution in [0.3, 0.4) is 0 Å². The molecule has 0 aliphatic carbocycles. The van der Waals surface area contributed by atoms with Gasteiger partial charge in [0, 0.05) is 16.3 Å². The molecule has 0 fully saturated rings. The van der Waals surface area contributed by atoms with Crippen LogP contribution in [0.15, 0.2) is 22.3 Å². The number of hydrogen-bond donors (Lipinski definition) is 0. The number of hydrogen-bond acceptors (Lipinski definition) is 3. The van der Waals surface area contributed by atoms with Crippen molar-refractivity contribution in [2.75, 3.05) is 0 Å². The van der Waals surface area contributed by atoms with E-state index in [1.807, 2.05) is 22.3 Å². The highest BCUT2D eigenvalue weighted by Crippen LogP contribution is 2.27. The van der Waals surface area contributed by atoms with Crippen LogP contribution in [0.1, 0.15) is 0 Å². The zero-order chi connectivity index (χ0) is 7.68. The summed E-state index contributed by atoms with van der Waals surface area (Å²) in [5, 5.41) is 4.02. The van der Waals surface area contributed by atoms with E-state index >= 15 is 0 Å². The second kappa shape index (κ2) is 2.93. The molecule has 0 atom stereocenters. The number of nitrogens with zero attached hydrogens (tertiary/aromatic N) is 1. The Bertz CT molecular complexity index is 339. The first-order valence-corrected chi connectivity index (χ1v) is 5.19. The van der Waals surface area contributed by atoms with Gasteiger partial charge in [-0.1, -0.05) is 11.6 Å². The fourth-order valence-electron chi connectivity index (χ4n) is 0.799. The van der Waals surface area contributed by atoms with E-state index in [0.717, 1.165) is 15.6 Å². The van der Waals surface area contributed by atoms with E-state index in [2.05, 4.69) is 4.98 Å². The first kappa shape index (κ1) is 7.28. The molecule has 2 rings (SSSR count). The molecule has 0 saturated heterocycles. The zero-order valence-corrected chi connectivity index (χ0v) is 7.84. The monoisotopic (exact) mass is 201 g/mol. The summed E-state index contributed by atoms with van der Waals surface area (Å²) < 4.78 is 0.813. The smallest absolute Gasteiger partial charge is 0.0935 e. The van der Waals surface area contributed by atoms with Crippen LogP contribution in [0.2, 0.25) is 4.34 Å². The highest BCUT2D eigenvalue weighted by molar-refractivity contribution is 7.14. The molecule has 56 valence electrons. The largest absolute Gasteiger partial charge is 0.245 e. The van der Waals surface area contributed by atoms with Crippen molar-refractivity contribution < 1.29 is 0 Å². The molecular weight excluding hydrogens is 198 g/mol. The molecule has 0 spiro atoms. The highest BCUT2D eigenvalue weighted by atomic mass is 35.5. The molecule has 2 aromatic heterocycles. The van der Waals surface area contributed by atoms with E-state index in [4.69, 9.17) is 11.6 Å². The van der Waals surface area contributed by atoms with Gasteiger partial charge in [-0.2, -0.15) is 0 Å². The van der Waals surface area contributed by atoms with Gasteiger partial charge in [0.2, 0.25) is 0 Å². The maximum absolute atomic E-state index is 5.77. The van der Waals surface area contributed by atoms with Crippen molar-refractivity contribution in [3.63, 3.8) is 0 Å². The van der Waals surface area contributed by atoms with E-state index in [9.17, 15) is 0 Å². The summed E-state index contributed by atoms with van der Waals surface area (Å²) >= 11 is 8.90. The number of thiophene rings is 1. The normalized spacial score (nSPS) is 10.3. The molecule has 0 amide bonds. The van der Waals surface area contributed by atoms with Gasteiger partial charge in [-0.25, -0.2) is 4.98 Å². The Morgan fingerprint density at radius 3 is 2.82 bits per heavy atom. The van der Waals surface area contributed by atoms with Crippen molar-refractivity contribution in [1.82, 2.24) is 4.98 Å². The van der Waals surface area contributed by atoms with E-state index in [0.29, 0.717) is 0 Å². The van der Waals surface area contributed by atoms with Gasteiger partial charge in [0.15, 0.2) is 0 Å². The summed E-state index contributed by atoms with van der Waals surface area (Å²) in [6, 6.07) is 1.93. The topological polar surface area (TPSA) is 12.9 Å². The van der Waals surface area contributed by atoms with E-state index in [-0.39, 0.29) is 0 Å². The van der Waals surface area contributed by atoms with Crippen molar-refractivity contribution in [2.24, 2.45) is 0 Å². The summed E-state index contributed by atoms with van der Waals surface area (Å²) in [5.74, 6) is 0. The number of halogens is 1. The van der Waals surface area contributed by atoms with Gasteiger partial charge in [0.25, 0.3) is 0 Å². The Morgan fingerprint density at radius 2 is 2.27 bits per heavy atom. The van der Waals surface area contributed by atoms with Crippen LogP contribution < -0.4 is 0 Å². The summed E-state index contributed by atoms with van der Waals surface area (Å²) in [6.07, 6.45) is 0. The molecule has 0 N–H and O–H groups in total.